The van der Waals surface area contributed by atoms with Crippen molar-refractivity contribution in [3.8, 4) is 0 Å². The summed E-state index contributed by atoms with van der Waals surface area (Å²) >= 11 is 0. The van der Waals surface area contributed by atoms with Gasteiger partial charge in [0.1, 0.15) is 6.79 Å². The highest BCUT2D eigenvalue weighted by atomic mass is 16.5. The molecule has 3 rings (SSSR count). The van der Waals surface area contributed by atoms with Crippen molar-refractivity contribution in [2.24, 2.45) is 0 Å². The van der Waals surface area contributed by atoms with Gasteiger partial charge in [-0.2, -0.15) is 0 Å². The van der Waals surface area contributed by atoms with Crippen LogP contribution in [0.5, 0.6) is 0 Å². The van der Waals surface area contributed by atoms with E-state index >= 15 is 0 Å². The van der Waals surface area contributed by atoms with Crippen molar-refractivity contribution in [1.29, 1.82) is 0 Å². The van der Waals surface area contributed by atoms with E-state index in [1.54, 1.807) is 0 Å². The third-order valence-corrected chi connectivity index (χ3v) is 4.12. The quantitative estimate of drug-likeness (QED) is 0.828. The smallest absolute Gasteiger partial charge is 0.106 e. The van der Waals surface area contributed by atoms with E-state index in [0.29, 0.717) is 0 Å². The van der Waals surface area contributed by atoms with Gasteiger partial charge in [0, 0.05) is 38.6 Å². The van der Waals surface area contributed by atoms with Crippen molar-refractivity contribution in [2.75, 3.05) is 50.2 Å². The molecule has 4 heteroatoms. The molecule has 0 radical (unpaired) electrons. The van der Waals surface area contributed by atoms with Crippen LogP contribution in [-0.4, -0.2) is 47.2 Å². The Labute approximate surface area is 158 Å². The predicted molar refractivity (Wildman–Crippen MR) is 111 cm³/mol. The van der Waals surface area contributed by atoms with E-state index in [9.17, 15) is 0 Å². The number of hydrogen-bond acceptors (Lipinski definition) is 4. The maximum absolute atomic E-state index is 8.00. The monoisotopic (exact) mass is 356 g/mol. The van der Waals surface area contributed by atoms with E-state index < -0.39 is 0 Å². The molecule has 0 bridgehead atoms. The van der Waals surface area contributed by atoms with Crippen molar-refractivity contribution in [3.63, 3.8) is 0 Å². The molecule has 1 saturated heterocycles. The van der Waals surface area contributed by atoms with E-state index in [1.807, 2.05) is 6.79 Å². The minimum atomic E-state index is 0.843. The molecule has 0 saturated carbocycles. The topological polar surface area (TPSA) is 32.8 Å². The van der Waals surface area contributed by atoms with Crippen molar-refractivity contribution in [1.82, 2.24) is 0 Å². The number of anilines is 2. The summed E-state index contributed by atoms with van der Waals surface area (Å²) in [6, 6.07) is 19.2. The predicted octanol–water partition coefficient (Wildman–Crippen LogP) is 4.04. The van der Waals surface area contributed by atoms with Crippen LogP contribution in [0.25, 0.3) is 0 Å². The minimum Gasteiger partial charge on any atom is -0.378 e. The van der Waals surface area contributed by atoms with E-state index in [4.69, 9.17) is 9.53 Å². The zero-order chi connectivity index (χ0) is 19.2. The lowest BCUT2D eigenvalue weighted by atomic mass is 10.1. The summed E-state index contributed by atoms with van der Waals surface area (Å²) < 4.78 is 5.33. The average Bonchev–Trinajstić information content (AvgIpc) is 2.72. The van der Waals surface area contributed by atoms with E-state index in [1.165, 1.54) is 29.8 Å². The highest BCUT2D eigenvalue weighted by molar-refractivity contribution is 5.55. The Kier molecular flexibility index (Phi) is 10.8. The van der Waals surface area contributed by atoms with Crippen LogP contribution in [-0.2, 0) is 16.0 Å². The summed E-state index contributed by atoms with van der Waals surface area (Å²) in [5, 5.41) is 0. The first-order valence-electron chi connectivity index (χ1n) is 9.13. The Balaban J connectivity index is 0.000000263. The van der Waals surface area contributed by atoms with Crippen LogP contribution < -0.4 is 9.80 Å². The summed E-state index contributed by atoms with van der Waals surface area (Å²) in [4.78, 5) is 12.5. The molecule has 4 nitrogen and oxygen atoms in total. The Bertz CT molecular complexity index is 579. The molecule has 142 valence electrons. The summed E-state index contributed by atoms with van der Waals surface area (Å²) in [6.45, 7) is 7.89. The van der Waals surface area contributed by atoms with Crippen LogP contribution in [0.1, 0.15) is 18.9 Å². The van der Waals surface area contributed by atoms with Gasteiger partial charge in [0.15, 0.2) is 0 Å². The van der Waals surface area contributed by atoms with Crippen molar-refractivity contribution in [2.45, 2.75) is 19.8 Å². The molecule has 0 unspecified atom stereocenters. The van der Waals surface area contributed by atoms with Gasteiger partial charge < -0.3 is 19.3 Å². The molecule has 1 heterocycles. The number of hydrogen-bond donors (Lipinski definition) is 0. The fourth-order valence-corrected chi connectivity index (χ4v) is 2.72. The lowest BCUT2D eigenvalue weighted by molar-refractivity contribution is -0.0979. The molecule has 26 heavy (non-hydrogen) atoms. The number of morpholine rings is 1. The van der Waals surface area contributed by atoms with Crippen LogP contribution in [0.4, 0.5) is 11.4 Å². The Hall–Kier alpha value is -2.33. The highest BCUT2D eigenvalue weighted by Crippen LogP contribution is 2.20. The maximum Gasteiger partial charge on any atom is 0.106 e. The first kappa shape index (κ1) is 21.7. The normalized spacial score (nSPS) is 13.0. The molecule has 0 N–H and O–H groups in total. The molecule has 1 aliphatic heterocycles. The van der Waals surface area contributed by atoms with E-state index in [-0.39, 0.29) is 0 Å². The molecule has 2 aromatic rings. The Morgan fingerprint density at radius 3 is 2.04 bits per heavy atom. The summed E-state index contributed by atoms with van der Waals surface area (Å²) in [7, 11) is 4.12. The van der Waals surface area contributed by atoms with Crippen molar-refractivity contribution >= 4 is 18.2 Å². The molecule has 0 atom stereocenters. The van der Waals surface area contributed by atoms with Crippen LogP contribution in [0.2, 0.25) is 0 Å². The molecule has 0 spiro atoms. The van der Waals surface area contributed by atoms with Crippen LogP contribution >= 0.6 is 0 Å². The van der Waals surface area contributed by atoms with Gasteiger partial charge in [0.25, 0.3) is 0 Å². The van der Waals surface area contributed by atoms with E-state index in [2.05, 4.69) is 85.4 Å². The third kappa shape index (κ3) is 7.70. The largest absolute Gasteiger partial charge is 0.378 e. The molecular weight excluding hydrogens is 324 g/mol. The number of nitrogens with zero attached hydrogens (tertiary/aromatic N) is 2. The zero-order valence-electron chi connectivity index (χ0n) is 16.4. The lowest BCUT2D eigenvalue weighted by Gasteiger charge is -2.29. The summed E-state index contributed by atoms with van der Waals surface area (Å²) in [6.07, 6.45) is 2.45. The Morgan fingerprint density at radius 2 is 1.54 bits per heavy atom. The summed E-state index contributed by atoms with van der Waals surface area (Å²) in [5.41, 5.74) is 3.98. The van der Waals surface area contributed by atoms with Crippen molar-refractivity contribution in [3.05, 3.63) is 60.2 Å². The minimum absolute atomic E-state index is 0.843. The number of carbonyl (C=O) groups is 1. The molecule has 0 amide bonds. The van der Waals surface area contributed by atoms with Gasteiger partial charge in [0.2, 0.25) is 0 Å². The lowest BCUT2D eigenvalue weighted by Crippen LogP contribution is -2.36. The Morgan fingerprint density at radius 1 is 0.962 bits per heavy atom. The van der Waals surface area contributed by atoms with Gasteiger partial charge in [-0.3, -0.25) is 0 Å². The van der Waals surface area contributed by atoms with Gasteiger partial charge in [-0.1, -0.05) is 43.7 Å². The van der Waals surface area contributed by atoms with Gasteiger partial charge in [-0.15, -0.1) is 0 Å². The standard InChI is InChI=1S/C12H18N2O.C9H12.CH2O/c1-13(2)11-3-5-12(6-4-11)14-7-9-15-10-8-14;1-2-6-9-7-4-3-5-8-9;1-2/h3-6H,7-10H2,1-2H3;3-5,7-8H,2,6H2,1H3;1H2. The molecule has 2 aromatic carbocycles. The van der Waals surface area contributed by atoms with Gasteiger partial charge >= 0.3 is 0 Å². The number of ether oxygens (including phenoxy) is 1. The zero-order valence-corrected chi connectivity index (χ0v) is 16.4. The van der Waals surface area contributed by atoms with Crippen LogP contribution in [0.15, 0.2) is 54.6 Å². The van der Waals surface area contributed by atoms with Crippen molar-refractivity contribution < 1.29 is 9.53 Å². The van der Waals surface area contributed by atoms with Gasteiger partial charge in [0.05, 0.1) is 13.2 Å². The fourth-order valence-electron chi connectivity index (χ4n) is 2.72. The second-order valence-electron chi connectivity index (χ2n) is 6.25. The van der Waals surface area contributed by atoms with Crippen LogP contribution in [0, 0.1) is 0 Å². The maximum atomic E-state index is 8.00. The molecule has 0 aromatic heterocycles. The number of carbonyl (C=O) groups excluding carboxylic acids is 1. The SMILES string of the molecule is C=O.CCCc1ccccc1.CN(C)c1ccc(N2CCOCC2)cc1. The number of rotatable bonds is 4. The second kappa shape index (κ2) is 13.0. The first-order valence-corrected chi connectivity index (χ1v) is 9.13. The molecule has 0 aliphatic carbocycles. The third-order valence-electron chi connectivity index (χ3n) is 4.12. The summed E-state index contributed by atoms with van der Waals surface area (Å²) in [5.74, 6) is 0. The number of benzene rings is 2. The van der Waals surface area contributed by atoms with E-state index in [0.717, 1.165) is 26.3 Å². The average molecular weight is 357 g/mol. The molecule has 1 aliphatic rings. The second-order valence-corrected chi connectivity index (χ2v) is 6.25. The first-order chi connectivity index (χ1) is 12.7. The molecule has 1 fully saturated rings. The highest BCUT2D eigenvalue weighted by Gasteiger charge is 2.10. The molecular formula is C22H32N2O2. The fraction of sp³-hybridized carbons (Fsp3) is 0.409. The number of aryl methyl sites for hydroxylation is 1. The van der Waals surface area contributed by atoms with Gasteiger partial charge in [-0.05, 0) is 36.2 Å². The van der Waals surface area contributed by atoms with Crippen LogP contribution in [0.3, 0.4) is 0 Å². The van der Waals surface area contributed by atoms with Gasteiger partial charge in [-0.25, -0.2) is 0 Å².